The number of nitrogens with zero attached hydrogens (tertiary/aromatic N) is 2. The number of benzene rings is 1. The third-order valence-corrected chi connectivity index (χ3v) is 5.66. The Hall–Kier alpha value is -1.59. The van der Waals surface area contributed by atoms with Crippen molar-refractivity contribution in [3.05, 3.63) is 33.8 Å². The Morgan fingerprint density at radius 1 is 1.16 bits per heavy atom. The molecule has 2 unspecified atom stereocenters. The first-order valence-electron chi connectivity index (χ1n) is 8.41. The summed E-state index contributed by atoms with van der Waals surface area (Å²) in [7, 11) is 1.63. The molecule has 0 spiro atoms. The highest BCUT2D eigenvalue weighted by Crippen LogP contribution is 2.37. The highest BCUT2D eigenvalue weighted by atomic mass is 35.5. The van der Waals surface area contributed by atoms with Gasteiger partial charge >= 0.3 is 0 Å². The molecule has 0 radical (unpaired) electrons. The zero-order chi connectivity index (χ0) is 18.1. The highest BCUT2D eigenvalue weighted by Gasteiger charge is 2.48. The van der Waals surface area contributed by atoms with Crippen LogP contribution in [0, 0.1) is 11.8 Å². The summed E-state index contributed by atoms with van der Waals surface area (Å²) in [5, 5.41) is 1.00. The summed E-state index contributed by atoms with van der Waals surface area (Å²) in [5.41, 5.74) is 0.759. The van der Waals surface area contributed by atoms with Crippen molar-refractivity contribution in [1.82, 2.24) is 9.80 Å². The van der Waals surface area contributed by atoms with Gasteiger partial charge in [0.2, 0.25) is 17.7 Å². The fraction of sp³-hybridized carbons (Fsp3) is 0.500. The van der Waals surface area contributed by atoms with Crippen LogP contribution in [0.25, 0.3) is 0 Å². The van der Waals surface area contributed by atoms with E-state index in [9.17, 15) is 14.4 Å². The summed E-state index contributed by atoms with van der Waals surface area (Å²) in [6.07, 6.45) is 3.43. The lowest BCUT2D eigenvalue weighted by Crippen LogP contribution is -2.41. The van der Waals surface area contributed by atoms with Crippen molar-refractivity contribution in [2.24, 2.45) is 11.8 Å². The lowest BCUT2D eigenvalue weighted by molar-refractivity contribution is -0.146. The molecule has 134 valence electrons. The number of likely N-dealkylation sites (tertiary alicyclic amines) is 1. The number of hydrogen-bond acceptors (Lipinski definition) is 3. The fourth-order valence-electron chi connectivity index (χ4n) is 3.64. The number of carbonyl (C=O) groups is 3. The number of fused-ring (bicyclic) bond motifs is 1. The molecule has 7 heteroatoms. The lowest BCUT2D eigenvalue weighted by atomic mass is 9.81. The first-order valence-corrected chi connectivity index (χ1v) is 9.17. The maximum atomic E-state index is 12.5. The normalized spacial score (nSPS) is 22.9. The molecule has 0 N–H and O–H groups in total. The summed E-state index contributed by atoms with van der Waals surface area (Å²) in [4.78, 5) is 40.0. The van der Waals surface area contributed by atoms with Crippen molar-refractivity contribution in [2.45, 2.75) is 32.2 Å². The van der Waals surface area contributed by atoms with E-state index in [1.165, 1.54) is 4.90 Å². The molecule has 2 fully saturated rings. The molecule has 1 aliphatic carbocycles. The molecule has 1 heterocycles. The zero-order valence-corrected chi connectivity index (χ0v) is 15.5. The monoisotopic (exact) mass is 382 g/mol. The number of amides is 3. The van der Waals surface area contributed by atoms with Gasteiger partial charge in [-0.05, 0) is 30.5 Å². The maximum absolute atomic E-state index is 12.5. The minimum absolute atomic E-state index is 0.194. The van der Waals surface area contributed by atoms with Gasteiger partial charge in [-0.25, -0.2) is 0 Å². The van der Waals surface area contributed by atoms with Crippen LogP contribution in [0.5, 0.6) is 0 Å². The Morgan fingerprint density at radius 3 is 2.32 bits per heavy atom. The molecule has 5 nitrogen and oxygen atoms in total. The average molecular weight is 383 g/mol. The lowest BCUT2D eigenvalue weighted by Gasteiger charge is -2.21. The van der Waals surface area contributed by atoms with Crippen molar-refractivity contribution >= 4 is 40.9 Å². The molecule has 25 heavy (non-hydrogen) atoms. The van der Waals surface area contributed by atoms with Crippen LogP contribution in [-0.2, 0) is 20.9 Å². The van der Waals surface area contributed by atoms with Gasteiger partial charge in [-0.1, -0.05) is 42.1 Å². The molecule has 1 aliphatic heterocycles. The molecule has 1 aromatic carbocycles. The van der Waals surface area contributed by atoms with Crippen LogP contribution < -0.4 is 0 Å². The van der Waals surface area contributed by atoms with E-state index in [-0.39, 0.29) is 42.6 Å². The number of carbonyl (C=O) groups excluding carboxylic acids is 3. The van der Waals surface area contributed by atoms with Gasteiger partial charge in [-0.3, -0.25) is 19.3 Å². The fourth-order valence-corrected chi connectivity index (χ4v) is 4.10. The summed E-state index contributed by atoms with van der Waals surface area (Å²) in [5.74, 6) is -1.14. The van der Waals surface area contributed by atoms with Crippen molar-refractivity contribution < 1.29 is 14.4 Å². The summed E-state index contributed by atoms with van der Waals surface area (Å²) < 4.78 is 0. The molecule has 2 aliphatic rings. The molecule has 1 aromatic rings. The quantitative estimate of drug-likeness (QED) is 0.751. The van der Waals surface area contributed by atoms with E-state index in [0.717, 1.165) is 36.1 Å². The predicted molar refractivity (Wildman–Crippen MR) is 95.1 cm³/mol. The van der Waals surface area contributed by atoms with Crippen molar-refractivity contribution in [1.29, 1.82) is 0 Å². The number of rotatable bonds is 4. The van der Waals surface area contributed by atoms with E-state index < -0.39 is 0 Å². The van der Waals surface area contributed by atoms with Crippen LogP contribution in [0.2, 0.25) is 10.0 Å². The summed E-state index contributed by atoms with van der Waals surface area (Å²) in [6.45, 7) is 0.0876. The predicted octanol–water partition coefficient (Wildman–Crippen LogP) is 3.13. The third kappa shape index (κ3) is 3.67. The minimum Gasteiger partial charge on any atom is -0.340 e. The SMILES string of the molecule is CN(Cc1ccc(Cl)cc1Cl)C(=O)CN1C(=O)C2CCCCC2C1=O. The Bertz CT molecular complexity index is 698. The molecule has 0 aromatic heterocycles. The van der Waals surface area contributed by atoms with E-state index >= 15 is 0 Å². The second-order valence-electron chi connectivity index (χ2n) is 6.75. The van der Waals surface area contributed by atoms with E-state index in [4.69, 9.17) is 23.2 Å². The maximum Gasteiger partial charge on any atom is 0.242 e. The number of hydrogen-bond donors (Lipinski definition) is 0. The first-order chi connectivity index (χ1) is 11.9. The van der Waals surface area contributed by atoms with Gasteiger partial charge < -0.3 is 4.90 Å². The Kier molecular flexibility index (Phi) is 5.35. The smallest absolute Gasteiger partial charge is 0.242 e. The van der Waals surface area contributed by atoms with Gasteiger partial charge in [0.25, 0.3) is 0 Å². The Morgan fingerprint density at radius 2 is 1.76 bits per heavy atom. The topological polar surface area (TPSA) is 57.7 Å². The summed E-state index contributed by atoms with van der Waals surface area (Å²) in [6, 6.07) is 5.09. The van der Waals surface area contributed by atoms with E-state index in [1.54, 1.807) is 25.2 Å². The Labute approximate surface area is 156 Å². The van der Waals surface area contributed by atoms with Crippen molar-refractivity contribution in [3.8, 4) is 0 Å². The van der Waals surface area contributed by atoms with Gasteiger partial charge in [0.05, 0.1) is 11.8 Å². The van der Waals surface area contributed by atoms with Crippen LogP contribution in [0.4, 0.5) is 0 Å². The molecule has 2 atom stereocenters. The van der Waals surface area contributed by atoms with Crippen LogP contribution in [0.15, 0.2) is 18.2 Å². The largest absolute Gasteiger partial charge is 0.340 e. The second-order valence-corrected chi connectivity index (χ2v) is 7.59. The average Bonchev–Trinajstić information content (AvgIpc) is 2.82. The van der Waals surface area contributed by atoms with Crippen molar-refractivity contribution in [3.63, 3.8) is 0 Å². The zero-order valence-electron chi connectivity index (χ0n) is 14.0. The Balaban J connectivity index is 1.65. The molecular weight excluding hydrogens is 363 g/mol. The van der Waals surface area contributed by atoms with Gasteiger partial charge in [0.1, 0.15) is 6.54 Å². The van der Waals surface area contributed by atoms with Gasteiger partial charge in [-0.2, -0.15) is 0 Å². The molecule has 3 rings (SSSR count). The number of halogens is 2. The van der Waals surface area contributed by atoms with E-state index in [2.05, 4.69) is 0 Å². The van der Waals surface area contributed by atoms with E-state index in [0.29, 0.717) is 10.0 Å². The van der Waals surface area contributed by atoms with Gasteiger partial charge in [0, 0.05) is 23.6 Å². The third-order valence-electron chi connectivity index (χ3n) is 5.07. The molecular formula is C18H20Cl2N2O3. The standard InChI is InChI=1S/C18H20Cl2N2O3/c1-21(9-11-6-7-12(19)8-15(11)20)16(23)10-22-17(24)13-4-2-3-5-14(13)18(22)25/h6-8,13-14H,2-5,9-10H2,1H3. The number of likely N-dealkylation sites (N-methyl/N-ethyl adjacent to an activating group) is 1. The second kappa shape index (κ2) is 7.34. The van der Waals surface area contributed by atoms with Crippen molar-refractivity contribution in [2.75, 3.05) is 13.6 Å². The first kappa shape index (κ1) is 18.2. The van der Waals surface area contributed by atoms with Crippen LogP contribution >= 0.6 is 23.2 Å². The molecule has 1 saturated heterocycles. The van der Waals surface area contributed by atoms with Crippen LogP contribution in [-0.4, -0.2) is 41.1 Å². The molecule has 3 amide bonds. The number of imide groups is 1. The van der Waals surface area contributed by atoms with Crippen LogP contribution in [0.1, 0.15) is 31.2 Å². The summed E-state index contributed by atoms with van der Waals surface area (Å²) >= 11 is 12.0. The van der Waals surface area contributed by atoms with Gasteiger partial charge in [0.15, 0.2) is 0 Å². The molecule has 0 bridgehead atoms. The highest BCUT2D eigenvalue weighted by molar-refractivity contribution is 6.35. The van der Waals surface area contributed by atoms with Crippen LogP contribution in [0.3, 0.4) is 0 Å². The van der Waals surface area contributed by atoms with Gasteiger partial charge in [-0.15, -0.1) is 0 Å². The van der Waals surface area contributed by atoms with E-state index in [1.807, 2.05) is 0 Å². The minimum atomic E-state index is -0.286. The molecule has 1 saturated carbocycles.